The van der Waals surface area contributed by atoms with Crippen LogP contribution in [0.5, 0.6) is 0 Å². The molecule has 1 aliphatic carbocycles. The molecule has 0 saturated heterocycles. The predicted molar refractivity (Wildman–Crippen MR) is 55.6 cm³/mol. The van der Waals surface area contributed by atoms with Crippen molar-refractivity contribution in [2.45, 2.75) is 31.8 Å². The maximum atomic E-state index is 13.0. The van der Waals surface area contributed by atoms with Gasteiger partial charge < -0.3 is 5.32 Å². The van der Waals surface area contributed by atoms with Crippen molar-refractivity contribution in [3.8, 4) is 6.07 Å². The number of halogens is 1. The number of rotatable bonds is 3. The Hall–Kier alpha value is -1.40. The second kappa shape index (κ2) is 3.63. The monoisotopic (exact) mass is 204 g/mol. The van der Waals surface area contributed by atoms with Crippen molar-refractivity contribution in [1.29, 1.82) is 5.26 Å². The SMILES string of the molecule is CC1(NCc2ccc(F)c(C#N)c2)CC1. The zero-order valence-corrected chi connectivity index (χ0v) is 8.68. The lowest BCUT2D eigenvalue weighted by Gasteiger charge is -2.11. The fourth-order valence-electron chi connectivity index (χ4n) is 1.45. The molecule has 2 rings (SSSR count). The van der Waals surface area contributed by atoms with Crippen molar-refractivity contribution in [2.24, 2.45) is 0 Å². The second-order valence-corrected chi connectivity index (χ2v) is 4.34. The zero-order chi connectivity index (χ0) is 10.9. The summed E-state index contributed by atoms with van der Waals surface area (Å²) in [5, 5.41) is 12.1. The van der Waals surface area contributed by atoms with Gasteiger partial charge in [-0.15, -0.1) is 0 Å². The highest BCUT2D eigenvalue weighted by atomic mass is 19.1. The minimum atomic E-state index is -0.445. The number of hydrogen-bond donors (Lipinski definition) is 1. The summed E-state index contributed by atoms with van der Waals surface area (Å²) >= 11 is 0. The van der Waals surface area contributed by atoms with Crippen LogP contribution in [0.1, 0.15) is 30.9 Å². The van der Waals surface area contributed by atoms with Gasteiger partial charge >= 0.3 is 0 Å². The van der Waals surface area contributed by atoms with E-state index in [2.05, 4.69) is 12.2 Å². The Morgan fingerprint density at radius 1 is 1.53 bits per heavy atom. The van der Waals surface area contributed by atoms with Crippen molar-refractivity contribution >= 4 is 0 Å². The van der Waals surface area contributed by atoms with Crippen LogP contribution in [-0.4, -0.2) is 5.54 Å². The molecule has 1 saturated carbocycles. The van der Waals surface area contributed by atoms with Gasteiger partial charge in [-0.1, -0.05) is 6.07 Å². The molecule has 0 atom stereocenters. The van der Waals surface area contributed by atoms with Gasteiger partial charge in [-0.3, -0.25) is 0 Å². The van der Waals surface area contributed by atoms with E-state index in [-0.39, 0.29) is 11.1 Å². The molecule has 0 radical (unpaired) electrons. The van der Waals surface area contributed by atoms with Crippen molar-refractivity contribution in [2.75, 3.05) is 0 Å². The molecule has 78 valence electrons. The van der Waals surface area contributed by atoms with Crippen molar-refractivity contribution < 1.29 is 4.39 Å². The van der Waals surface area contributed by atoms with Crippen LogP contribution >= 0.6 is 0 Å². The molecule has 0 bridgehead atoms. The first-order valence-corrected chi connectivity index (χ1v) is 5.06. The maximum absolute atomic E-state index is 13.0. The largest absolute Gasteiger partial charge is 0.307 e. The molecular formula is C12H13FN2. The van der Waals surface area contributed by atoms with E-state index in [1.54, 1.807) is 12.1 Å². The summed E-state index contributed by atoms with van der Waals surface area (Å²) in [6.07, 6.45) is 2.39. The summed E-state index contributed by atoms with van der Waals surface area (Å²) in [7, 11) is 0. The highest BCUT2D eigenvalue weighted by molar-refractivity contribution is 5.34. The highest BCUT2D eigenvalue weighted by Gasteiger charge is 2.36. The van der Waals surface area contributed by atoms with Gasteiger partial charge in [0, 0.05) is 12.1 Å². The molecular weight excluding hydrogens is 191 g/mol. The molecule has 0 unspecified atom stereocenters. The third-order valence-corrected chi connectivity index (χ3v) is 2.87. The van der Waals surface area contributed by atoms with Gasteiger partial charge in [-0.05, 0) is 37.5 Å². The van der Waals surface area contributed by atoms with Crippen LogP contribution in [0, 0.1) is 17.1 Å². The minimum absolute atomic E-state index is 0.121. The van der Waals surface area contributed by atoms with E-state index in [1.807, 2.05) is 6.07 Å². The quantitative estimate of drug-likeness (QED) is 0.820. The Kier molecular flexibility index (Phi) is 2.45. The number of benzene rings is 1. The average Bonchev–Trinajstić information content (AvgIpc) is 2.96. The van der Waals surface area contributed by atoms with Gasteiger partial charge in [0.2, 0.25) is 0 Å². The van der Waals surface area contributed by atoms with Gasteiger partial charge in [-0.2, -0.15) is 5.26 Å². The van der Waals surface area contributed by atoms with Gasteiger partial charge in [0.25, 0.3) is 0 Å². The lowest BCUT2D eigenvalue weighted by atomic mass is 10.1. The second-order valence-electron chi connectivity index (χ2n) is 4.34. The normalized spacial score (nSPS) is 17.1. The van der Waals surface area contributed by atoms with Crippen molar-refractivity contribution in [3.63, 3.8) is 0 Å². The number of nitriles is 1. The Morgan fingerprint density at radius 3 is 2.87 bits per heavy atom. The molecule has 0 amide bonds. The minimum Gasteiger partial charge on any atom is -0.307 e. The molecule has 0 heterocycles. The van der Waals surface area contributed by atoms with Crippen LogP contribution in [0.25, 0.3) is 0 Å². The standard InChI is InChI=1S/C12H13FN2/c1-12(4-5-12)15-8-9-2-3-11(13)10(6-9)7-14/h2-3,6,15H,4-5,8H2,1H3. The molecule has 15 heavy (non-hydrogen) atoms. The summed E-state index contributed by atoms with van der Waals surface area (Å²) < 4.78 is 13.0. The van der Waals surface area contributed by atoms with E-state index in [0.717, 1.165) is 5.56 Å². The van der Waals surface area contributed by atoms with Crippen molar-refractivity contribution in [3.05, 3.63) is 35.1 Å². The number of nitrogens with zero attached hydrogens (tertiary/aromatic N) is 1. The van der Waals surface area contributed by atoms with Gasteiger partial charge in [-0.25, -0.2) is 4.39 Å². The average molecular weight is 204 g/mol. The van der Waals surface area contributed by atoms with E-state index in [9.17, 15) is 4.39 Å². The summed E-state index contributed by atoms with van der Waals surface area (Å²) in [5.41, 5.74) is 1.35. The topological polar surface area (TPSA) is 35.8 Å². The molecule has 0 aromatic heterocycles. The van der Waals surface area contributed by atoms with Crippen LogP contribution < -0.4 is 5.32 Å². The van der Waals surface area contributed by atoms with E-state index >= 15 is 0 Å². The molecule has 0 aliphatic heterocycles. The first kappa shape index (κ1) is 10.1. The third kappa shape index (κ3) is 2.34. The molecule has 3 heteroatoms. The van der Waals surface area contributed by atoms with Gasteiger partial charge in [0.1, 0.15) is 11.9 Å². The van der Waals surface area contributed by atoms with Crippen LogP contribution in [-0.2, 0) is 6.54 Å². The maximum Gasteiger partial charge on any atom is 0.140 e. The summed E-state index contributed by atoms with van der Waals surface area (Å²) in [6, 6.07) is 6.52. The smallest absolute Gasteiger partial charge is 0.140 e. The summed E-state index contributed by atoms with van der Waals surface area (Å²) in [5.74, 6) is -0.445. The van der Waals surface area contributed by atoms with Crippen LogP contribution in [0.3, 0.4) is 0 Å². The van der Waals surface area contributed by atoms with E-state index < -0.39 is 5.82 Å². The molecule has 1 fully saturated rings. The lowest BCUT2D eigenvalue weighted by molar-refractivity contribution is 0.536. The fraction of sp³-hybridized carbons (Fsp3) is 0.417. The first-order valence-electron chi connectivity index (χ1n) is 5.06. The molecule has 1 aromatic carbocycles. The van der Waals surface area contributed by atoms with E-state index in [4.69, 9.17) is 5.26 Å². The van der Waals surface area contributed by atoms with Crippen LogP contribution in [0.2, 0.25) is 0 Å². The number of hydrogen-bond acceptors (Lipinski definition) is 2. The van der Waals surface area contributed by atoms with Crippen molar-refractivity contribution in [1.82, 2.24) is 5.32 Å². The molecule has 1 aliphatic rings. The molecule has 1 N–H and O–H groups in total. The van der Waals surface area contributed by atoms with Gasteiger partial charge in [0.05, 0.1) is 5.56 Å². The molecule has 0 spiro atoms. The fourth-order valence-corrected chi connectivity index (χ4v) is 1.45. The summed E-state index contributed by atoms with van der Waals surface area (Å²) in [4.78, 5) is 0. The first-order chi connectivity index (χ1) is 7.13. The predicted octanol–water partition coefficient (Wildman–Crippen LogP) is 2.34. The molecule has 2 nitrogen and oxygen atoms in total. The Bertz CT molecular complexity index is 416. The third-order valence-electron chi connectivity index (χ3n) is 2.87. The Balaban J connectivity index is 2.06. The molecule has 1 aromatic rings. The Morgan fingerprint density at radius 2 is 2.27 bits per heavy atom. The van der Waals surface area contributed by atoms with E-state index in [1.165, 1.54) is 18.9 Å². The number of nitrogens with one attached hydrogen (secondary N) is 1. The van der Waals surface area contributed by atoms with E-state index in [0.29, 0.717) is 6.54 Å². The highest BCUT2D eigenvalue weighted by Crippen LogP contribution is 2.34. The lowest BCUT2D eigenvalue weighted by Crippen LogP contribution is -2.26. The zero-order valence-electron chi connectivity index (χ0n) is 8.68. The summed E-state index contributed by atoms with van der Waals surface area (Å²) in [6.45, 7) is 2.87. The van der Waals surface area contributed by atoms with Crippen LogP contribution in [0.4, 0.5) is 4.39 Å². The van der Waals surface area contributed by atoms with Gasteiger partial charge in [0.15, 0.2) is 0 Å². The Labute approximate surface area is 88.7 Å². The van der Waals surface area contributed by atoms with Crippen LogP contribution in [0.15, 0.2) is 18.2 Å².